The summed E-state index contributed by atoms with van der Waals surface area (Å²) >= 11 is 1.27. The van der Waals surface area contributed by atoms with Gasteiger partial charge in [0.1, 0.15) is 5.75 Å². The van der Waals surface area contributed by atoms with E-state index in [9.17, 15) is 23.2 Å². The number of benzene rings is 2. The molecular formula is C22H18F2N4O4S. The van der Waals surface area contributed by atoms with Gasteiger partial charge < -0.3 is 10.1 Å². The Bertz CT molecular complexity index is 1430. The molecule has 2 aromatic carbocycles. The molecule has 0 aliphatic rings. The van der Waals surface area contributed by atoms with E-state index in [0.717, 1.165) is 4.88 Å². The van der Waals surface area contributed by atoms with Crippen LogP contribution in [0.4, 0.5) is 13.9 Å². The standard InChI is InChI=1S/C22H18F2N4O4S/c1-12-18(13-6-8-14(9-7-13)32-20(23)24)26-21(33-12)25-17(29)10-11-28-16-5-3-2-4-15(16)19(30)27-22(28)31/h2-9,20H,10-11H2,1H3,(H,25,26,29)(H,27,30,31). The maximum atomic E-state index is 12.5. The number of nitrogens with one attached hydrogen (secondary N) is 2. The predicted octanol–water partition coefficient (Wildman–Crippen LogP) is 3.75. The van der Waals surface area contributed by atoms with Crippen molar-refractivity contribution >= 4 is 33.3 Å². The molecule has 0 atom stereocenters. The van der Waals surface area contributed by atoms with Crippen LogP contribution >= 0.6 is 11.3 Å². The molecule has 170 valence electrons. The number of halogens is 2. The minimum atomic E-state index is -2.90. The normalized spacial score (nSPS) is 11.2. The number of aryl methyl sites for hydroxylation is 2. The highest BCUT2D eigenvalue weighted by Crippen LogP contribution is 2.31. The van der Waals surface area contributed by atoms with Gasteiger partial charge in [0.25, 0.3) is 5.56 Å². The Morgan fingerprint density at radius 1 is 1.18 bits per heavy atom. The van der Waals surface area contributed by atoms with Crippen LogP contribution in [0.25, 0.3) is 22.2 Å². The van der Waals surface area contributed by atoms with E-state index in [2.05, 4.69) is 20.0 Å². The highest BCUT2D eigenvalue weighted by Gasteiger charge is 2.14. The number of anilines is 1. The van der Waals surface area contributed by atoms with Crippen molar-refractivity contribution in [1.82, 2.24) is 14.5 Å². The fourth-order valence-corrected chi connectivity index (χ4v) is 4.22. The van der Waals surface area contributed by atoms with E-state index in [1.807, 2.05) is 6.92 Å². The maximum Gasteiger partial charge on any atom is 0.387 e. The van der Waals surface area contributed by atoms with Gasteiger partial charge in [0.2, 0.25) is 5.91 Å². The zero-order valence-electron chi connectivity index (χ0n) is 17.3. The van der Waals surface area contributed by atoms with Crippen molar-refractivity contribution in [3.63, 3.8) is 0 Å². The van der Waals surface area contributed by atoms with Crippen molar-refractivity contribution in [3.05, 3.63) is 74.2 Å². The Labute approximate surface area is 189 Å². The smallest absolute Gasteiger partial charge is 0.387 e. The zero-order valence-corrected chi connectivity index (χ0v) is 18.1. The van der Waals surface area contributed by atoms with E-state index >= 15 is 0 Å². The second-order valence-electron chi connectivity index (χ2n) is 7.05. The molecule has 4 aromatic rings. The van der Waals surface area contributed by atoms with Crippen LogP contribution in [0, 0.1) is 6.92 Å². The maximum absolute atomic E-state index is 12.5. The third kappa shape index (κ3) is 4.98. The number of para-hydroxylation sites is 1. The zero-order chi connectivity index (χ0) is 23.5. The van der Waals surface area contributed by atoms with Crippen molar-refractivity contribution in [2.45, 2.75) is 26.5 Å². The van der Waals surface area contributed by atoms with Crippen molar-refractivity contribution in [1.29, 1.82) is 0 Å². The Kier molecular flexibility index (Phi) is 6.31. The lowest BCUT2D eigenvalue weighted by atomic mass is 10.1. The summed E-state index contributed by atoms with van der Waals surface area (Å²) in [6, 6.07) is 12.7. The molecule has 0 saturated heterocycles. The van der Waals surface area contributed by atoms with Crippen molar-refractivity contribution in [3.8, 4) is 17.0 Å². The molecular weight excluding hydrogens is 454 g/mol. The van der Waals surface area contributed by atoms with Crippen LogP contribution in [-0.4, -0.2) is 27.1 Å². The number of nitrogens with zero attached hydrogens (tertiary/aromatic N) is 2. The number of amides is 1. The Morgan fingerprint density at radius 2 is 1.91 bits per heavy atom. The summed E-state index contributed by atoms with van der Waals surface area (Å²) in [5, 5.41) is 3.45. The lowest BCUT2D eigenvalue weighted by Crippen LogP contribution is -2.31. The van der Waals surface area contributed by atoms with E-state index in [4.69, 9.17) is 0 Å². The lowest BCUT2D eigenvalue weighted by Gasteiger charge is -2.09. The molecule has 1 amide bonds. The molecule has 0 radical (unpaired) electrons. The Balaban J connectivity index is 1.46. The van der Waals surface area contributed by atoms with Crippen LogP contribution in [0.3, 0.4) is 0 Å². The first-order valence-electron chi connectivity index (χ1n) is 9.86. The van der Waals surface area contributed by atoms with Gasteiger partial charge in [-0.05, 0) is 43.3 Å². The summed E-state index contributed by atoms with van der Waals surface area (Å²) in [5.74, 6) is -0.307. The number of hydrogen-bond donors (Lipinski definition) is 2. The number of H-pyrrole nitrogens is 1. The second-order valence-corrected chi connectivity index (χ2v) is 8.26. The SMILES string of the molecule is Cc1sc(NC(=O)CCn2c(=O)[nH]c(=O)c3ccccc32)nc1-c1ccc(OC(F)F)cc1. The largest absolute Gasteiger partial charge is 0.435 e. The highest BCUT2D eigenvalue weighted by atomic mass is 32.1. The molecule has 0 fully saturated rings. The molecule has 8 nitrogen and oxygen atoms in total. The van der Waals surface area contributed by atoms with E-state index < -0.39 is 17.9 Å². The number of rotatable bonds is 7. The van der Waals surface area contributed by atoms with Crippen molar-refractivity contribution in [2.24, 2.45) is 0 Å². The van der Waals surface area contributed by atoms with Gasteiger partial charge >= 0.3 is 12.3 Å². The number of hydrogen-bond acceptors (Lipinski definition) is 6. The minimum absolute atomic E-state index is 0.0103. The number of thiazole rings is 1. The molecule has 33 heavy (non-hydrogen) atoms. The average Bonchev–Trinajstić information content (AvgIpc) is 3.13. The van der Waals surface area contributed by atoms with E-state index in [1.165, 1.54) is 28.0 Å². The first-order valence-corrected chi connectivity index (χ1v) is 10.7. The molecule has 0 aliphatic carbocycles. The Morgan fingerprint density at radius 3 is 2.64 bits per heavy atom. The summed E-state index contributed by atoms with van der Waals surface area (Å²) in [5.41, 5.74) is 0.693. The van der Waals surface area contributed by atoms with Gasteiger partial charge in [-0.2, -0.15) is 8.78 Å². The molecule has 0 spiro atoms. The third-order valence-corrected chi connectivity index (χ3v) is 5.75. The molecule has 2 N–H and O–H groups in total. The van der Waals surface area contributed by atoms with Gasteiger partial charge in [0.15, 0.2) is 5.13 Å². The van der Waals surface area contributed by atoms with Crippen LogP contribution in [-0.2, 0) is 11.3 Å². The van der Waals surface area contributed by atoms with Crippen LogP contribution in [0.1, 0.15) is 11.3 Å². The van der Waals surface area contributed by atoms with Gasteiger partial charge in [-0.1, -0.05) is 12.1 Å². The molecule has 0 unspecified atom stereocenters. The summed E-state index contributed by atoms with van der Waals surface area (Å²) in [6.45, 7) is -0.994. The molecule has 4 rings (SSSR count). The predicted molar refractivity (Wildman–Crippen MR) is 121 cm³/mol. The van der Waals surface area contributed by atoms with Gasteiger partial charge in [0.05, 0.1) is 16.6 Å². The lowest BCUT2D eigenvalue weighted by molar-refractivity contribution is -0.116. The second kappa shape index (κ2) is 9.33. The van der Waals surface area contributed by atoms with Crippen LogP contribution < -0.4 is 21.3 Å². The van der Waals surface area contributed by atoms with E-state index in [1.54, 1.807) is 36.4 Å². The quantitative estimate of drug-likeness (QED) is 0.426. The third-order valence-electron chi connectivity index (χ3n) is 4.86. The molecule has 2 aromatic heterocycles. The first-order chi connectivity index (χ1) is 15.8. The van der Waals surface area contributed by atoms with Gasteiger partial charge in [0, 0.05) is 23.4 Å². The molecule has 11 heteroatoms. The monoisotopic (exact) mass is 472 g/mol. The highest BCUT2D eigenvalue weighted by molar-refractivity contribution is 7.16. The van der Waals surface area contributed by atoms with E-state index in [0.29, 0.717) is 27.3 Å². The number of alkyl halides is 2. The number of carbonyl (C=O) groups excluding carboxylic acids is 1. The summed E-state index contributed by atoms with van der Waals surface area (Å²) in [4.78, 5) is 44.2. The number of carbonyl (C=O) groups is 1. The van der Waals surface area contributed by atoms with Gasteiger partial charge in [-0.25, -0.2) is 9.78 Å². The Hall–Kier alpha value is -3.86. The first kappa shape index (κ1) is 22.3. The van der Waals surface area contributed by atoms with Crippen molar-refractivity contribution in [2.75, 3.05) is 5.32 Å². The van der Waals surface area contributed by atoms with Gasteiger partial charge in [-0.15, -0.1) is 11.3 Å². The number of aromatic amines is 1. The minimum Gasteiger partial charge on any atom is -0.435 e. The number of ether oxygens (including phenoxy) is 1. The van der Waals surface area contributed by atoms with Crippen LogP contribution in [0.2, 0.25) is 0 Å². The summed E-state index contributed by atoms with van der Waals surface area (Å²) < 4.78 is 30.3. The van der Waals surface area contributed by atoms with Crippen LogP contribution in [0.15, 0.2) is 58.1 Å². The molecule has 0 aliphatic heterocycles. The number of fused-ring (bicyclic) bond motifs is 1. The topological polar surface area (TPSA) is 106 Å². The van der Waals surface area contributed by atoms with Crippen LogP contribution in [0.5, 0.6) is 5.75 Å². The fourth-order valence-electron chi connectivity index (χ4n) is 3.37. The van der Waals surface area contributed by atoms with Crippen molar-refractivity contribution < 1.29 is 18.3 Å². The average molecular weight is 472 g/mol. The molecule has 0 saturated carbocycles. The summed E-state index contributed by atoms with van der Waals surface area (Å²) in [7, 11) is 0. The van der Waals surface area contributed by atoms with E-state index in [-0.39, 0.29) is 24.6 Å². The molecule has 0 bridgehead atoms. The van der Waals surface area contributed by atoms with Gasteiger partial charge in [-0.3, -0.25) is 19.1 Å². The fraction of sp³-hybridized carbons (Fsp3) is 0.182. The molecule has 2 heterocycles. The summed E-state index contributed by atoms with van der Waals surface area (Å²) in [6.07, 6.45) is -0.0103. The number of aromatic nitrogens is 3.